The van der Waals surface area contributed by atoms with Crippen LogP contribution in [0.5, 0.6) is 0 Å². The van der Waals surface area contributed by atoms with Gasteiger partial charge in [-0.2, -0.15) is 0 Å². The van der Waals surface area contributed by atoms with E-state index in [-0.39, 0.29) is 24.6 Å². The van der Waals surface area contributed by atoms with Gasteiger partial charge in [0.2, 0.25) is 5.91 Å². The maximum Gasteiger partial charge on any atom is 0.237 e. The number of nitrogens with zero attached hydrogens (tertiary/aromatic N) is 2. The standard InChI is InChI=1S/C17H28N2O2/c1-14(2)19(15(3)4)17(21)13-18(10-11-20)12-16-8-6-5-7-9-16/h5-9,14-15,20H,10-13H2,1-4H3. The molecule has 0 unspecified atom stereocenters. The average molecular weight is 292 g/mol. The molecule has 1 N–H and O–H groups in total. The van der Waals surface area contributed by atoms with Crippen molar-refractivity contribution in [2.45, 2.75) is 46.3 Å². The summed E-state index contributed by atoms with van der Waals surface area (Å²) in [5, 5.41) is 9.22. The molecule has 21 heavy (non-hydrogen) atoms. The molecule has 0 saturated carbocycles. The van der Waals surface area contributed by atoms with E-state index in [0.29, 0.717) is 19.6 Å². The van der Waals surface area contributed by atoms with Crippen LogP contribution in [-0.4, -0.2) is 52.6 Å². The van der Waals surface area contributed by atoms with Gasteiger partial charge in [0.15, 0.2) is 0 Å². The molecule has 4 nitrogen and oxygen atoms in total. The van der Waals surface area contributed by atoms with Crippen molar-refractivity contribution >= 4 is 5.91 Å². The minimum atomic E-state index is 0.0590. The Morgan fingerprint density at radius 3 is 2.14 bits per heavy atom. The van der Waals surface area contributed by atoms with E-state index in [9.17, 15) is 9.90 Å². The molecule has 0 aromatic heterocycles. The van der Waals surface area contributed by atoms with Crippen molar-refractivity contribution in [3.8, 4) is 0 Å². The van der Waals surface area contributed by atoms with Crippen LogP contribution in [0.4, 0.5) is 0 Å². The summed E-state index contributed by atoms with van der Waals surface area (Å²) in [6.45, 7) is 9.71. The highest BCUT2D eigenvalue weighted by Crippen LogP contribution is 2.09. The molecule has 0 saturated heterocycles. The fourth-order valence-corrected chi connectivity index (χ4v) is 2.64. The lowest BCUT2D eigenvalue weighted by molar-refractivity contribution is -0.136. The lowest BCUT2D eigenvalue weighted by Crippen LogP contribution is -2.47. The van der Waals surface area contributed by atoms with Crippen molar-refractivity contribution in [1.29, 1.82) is 0 Å². The Kier molecular flexibility index (Phi) is 7.40. The summed E-state index contributed by atoms with van der Waals surface area (Å²) in [5.41, 5.74) is 1.15. The number of hydrogen-bond acceptors (Lipinski definition) is 3. The largest absolute Gasteiger partial charge is 0.395 e. The molecule has 0 aliphatic rings. The Hall–Kier alpha value is -1.39. The molecule has 1 aromatic carbocycles. The minimum Gasteiger partial charge on any atom is -0.395 e. The zero-order valence-electron chi connectivity index (χ0n) is 13.6. The number of hydrogen-bond donors (Lipinski definition) is 1. The van der Waals surface area contributed by atoms with Crippen molar-refractivity contribution < 1.29 is 9.90 Å². The molecule has 0 fully saturated rings. The molecule has 0 aliphatic carbocycles. The van der Waals surface area contributed by atoms with Gasteiger partial charge in [0.05, 0.1) is 13.2 Å². The molecule has 4 heteroatoms. The summed E-state index contributed by atoms with van der Waals surface area (Å²) in [4.78, 5) is 16.4. The van der Waals surface area contributed by atoms with Crippen molar-refractivity contribution in [2.75, 3.05) is 19.7 Å². The quantitative estimate of drug-likeness (QED) is 0.798. The van der Waals surface area contributed by atoms with Gasteiger partial charge in [-0.15, -0.1) is 0 Å². The number of aliphatic hydroxyl groups is 1. The first kappa shape index (κ1) is 17.7. The number of benzene rings is 1. The maximum absolute atomic E-state index is 12.5. The number of carbonyl (C=O) groups excluding carboxylic acids is 1. The summed E-state index contributed by atoms with van der Waals surface area (Å²) in [6, 6.07) is 10.4. The topological polar surface area (TPSA) is 43.8 Å². The lowest BCUT2D eigenvalue weighted by Gasteiger charge is -2.33. The summed E-state index contributed by atoms with van der Waals surface area (Å²) in [5.74, 6) is 0.115. The molecule has 118 valence electrons. The highest BCUT2D eigenvalue weighted by atomic mass is 16.3. The third-order valence-electron chi connectivity index (χ3n) is 3.42. The molecule has 0 atom stereocenters. The summed E-state index contributed by atoms with van der Waals surface area (Å²) >= 11 is 0. The first-order chi connectivity index (χ1) is 9.95. The molecule has 0 heterocycles. The first-order valence-corrected chi connectivity index (χ1v) is 7.64. The molecular weight excluding hydrogens is 264 g/mol. The Morgan fingerprint density at radius 2 is 1.67 bits per heavy atom. The van der Waals surface area contributed by atoms with E-state index in [0.717, 1.165) is 5.56 Å². The Balaban J connectivity index is 2.71. The van der Waals surface area contributed by atoms with Crippen LogP contribution in [0.15, 0.2) is 30.3 Å². The second kappa shape index (κ2) is 8.80. The van der Waals surface area contributed by atoms with Gasteiger partial charge >= 0.3 is 0 Å². The molecule has 0 bridgehead atoms. The van der Waals surface area contributed by atoms with E-state index in [4.69, 9.17) is 0 Å². The molecule has 1 amide bonds. The van der Waals surface area contributed by atoms with Crippen molar-refractivity contribution in [3.63, 3.8) is 0 Å². The SMILES string of the molecule is CC(C)N(C(=O)CN(CCO)Cc1ccccc1)C(C)C. The van der Waals surface area contributed by atoms with Gasteiger partial charge in [-0.25, -0.2) is 0 Å². The number of aliphatic hydroxyl groups excluding tert-OH is 1. The van der Waals surface area contributed by atoms with E-state index in [1.54, 1.807) is 0 Å². The van der Waals surface area contributed by atoms with Gasteiger partial charge in [0.25, 0.3) is 0 Å². The summed E-state index contributed by atoms with van der Waals surface area (Å²) in [6.07, 6.45) is 0. The van der Waals surface area contributed by atoms with Crippen molar-refractivity contribution in [1.82, 2.24) is 9.80 Å². The van der Waals surface area contributed by atoms with E-state index in [1.807, 2.05) is 67.8 Å². The normalized spacial score (nSPS) is 11.4. The van der Waals surface area contributed by atoms with Gasteiger partial charge in [0, 0.05) is 25.2 Å². The van der Waals surface area contributed by atoms with Crippen LogP contribution in [0.25, 0.3) is 0 Å². The van der Waals surface area contributed by atoms with Crippen LogP contribution in [0, 0.1) is 0 Å². The molecule has 0 radical (unpaired) electrons. The molecule has 0 spiro atoms. The number of rotatable bonds is 8. The second-order valence-electron chi connectivity index (χ2n) is 5.91. The third-order valence-corrected chi connectivity index (χ3v) is 3.42. The minimum absolute atomic E-state index is 0.0590. The highest BCUT2D eigenvalue weighted by molar-refractivity contribution is 5.78. The molecular formula is C17H28N2O2. The zero-order chi connectivity index (χ0) is 15.8. The van der Waals surface area contributed by atoms with Crippen LogP contribution in [0.3, 0.4) is 0 Å². The maximum atomic E-state index is 12.5. The van der Waals surface area contributed by atoms with Crippen LogP contribution < -0.4 is 0 Å². The predicted octanol–water partition coefficient (Wildman–Crippen LogP) is 2.13. The van der Waals surface area contributed by atoms with Gasteiger partial charge in [-0.05, 0) is 33.3 Å². The van der Waals surface area contributed by atoms with Gasteiger partial charge in [-0.1, -0.05) is 30.3 Å². The summed E-state index contributed by atoms with van der Waals surface area (Å²) < 4.78 is 0. The fourth-order valence-electron chi connectivity index (χ4n) is 2.64. The van der Waals surface area contributed by atoms with Crippen LogP contribution in [0.1, 0.15) is 33.3 Å². The average Bonchev–Trinajstić information content (AvgIpc) is 2.39. The summed E-state index contributed by atoms with van der Waals surface area (Å²) in [7, 11) is 0. The number of amides is 1. The van der Waals surface area contributed by atoms with Crippen molar-refractivity contribution in [3.05, 3.63) is 35.9 Å². The van der Waals surface area contributed by atoms with Gasteiger partial charge in [-0.3, -0.25) is 9.69 Å². The van der Waals surface area contributed by atoms with E-state index in [1.165, 1.54) is 0 Å². The van der Waals surface area contributed by atoms with Crippen LogP contribution in [0.2, 0.25) is 0 Å². The highest BCUT2D eigenvalue weighted by Gasteiger charge is 2.22. The van der Waals surface area contributed by atoms with Gasteiger partial charge in [0.1, 0.15) is 0 Å². The Bertz CT molecular complexity index is 410. The Morgan fingerprint density at radius 1 is 1.10 bits per heavy atom. The monoisotopic (exact) mass is 292 g/mol. The fraction of sp³-hybridized carbons (Fsp3) is 0.588. The van der Waals surface area contributed by atoms with E-state index < -0.39 is 0 Å². The van der Waals surface area contributed by atoms with E-state index in [2.05, 4.69) is 0 Å². The van der Waals surface area contributed by atoms with Gasteiger partial charge < -0.3 is 10.0 Å². The lowest BCUT2D eigenvalue weighted by atomic mass is 10.2. The Labute approximate surface area is 128 Å². The molecule has 0 aliphatic heterocycles. The smallest absolute Gasteiger partial charge is 0.237 e. The molecule has 1 aromatic rings. The van der Waals surface area contributed by atoms with Crippen LogP contribution >= 0.6 is 0 Å². The predicted molar refractivity (Wildman–Crippen MR) is 85.9 cm³/mol. The van der Waals surface area contributed by atoms with Crippen LogP contribution in [-0.2, 0) is 11.3 Å². The molecule has 1 rings (SSSR count). The zero-order valence-corrected chi connectivity index (χ0v) is 13.6. The first-order valence-electron chi connectivity index (χ1n) is 7.64. The number of carbonyl (C=O) groups is 1. The van der Waals surface area contributed by atoms with Crippen molar-refractivity contribution in [2.24, 2.45) is 0 Å². The second-order valence-corrected chi connectivity index (χ2v) is 5.91. The van der Waals surface area contributed by atoms with E-state index >= 15 is 0 Å². The third kappa shape index (κ3) is 5.86.